The second-order valence-electron chi connectivity index (χ2n) is 5.95. The van der Waals surface area contributed by atoms with Crippen LogP contribution in [0.4, 0.5) is 13.2 Å². The molecule has 0 saturated carbocycles. The summed E-state index contributed by atoms with van der Waals surface area (Å²) in [7, 11) is 0. The van der Waals surface area contributed by atoms with Gasteiger partial charge in [0.05, 0.1) is 26.7 Å². The summed E-state index contributed by atoms with van der Waals surface area (Å²) in [4.78, 5) is 28.8. The summed E-state index contributed by atoms with van der Waals surface area (Å²) < 4.78 is 38.8. The van der Waals surface area contributed by atoms with Crippen LogP contribution in [0.3, 0.4) is 0 Å². The van der Waals surface area contributed by atoms with Gasteiger partial charge in [0.2, 0.25) is 5.91 Å². The number of halogens is 3. The fraction of sp³-hybridized carbons (Fsp3) is 0.438. The Labute approximate surface area is 145 Å². The Bertz CT molecular complexity index is 819. The van der Waals surface area contributed by atoms with Crippen LogP contribution >= 0.6 is 11.3 Å². The van der Waals surface area contributed by atoms with E-state index >= 15 is 0 Å². The Morgan fingerprint density at radius 2 is 2.12 bits per heavy atom. The van der Waals surface area contributed by atoms with Crippen LogP contribution in [0.15, 0.2) is 18.2 Å². The monoisotopic (exact) mass is 372 g/mol. The Morgan fingerprint density at radius 1 is 1.36 bits per heavy atom. The quantitative estimate of drug-likeness (QED) is 0.895. The van der Waals surface area contributed by atoms with E-state index in [1.807, 2.05) is 0 Å². The molecule has 0 spiro atoms. The lowest BCUT2D eigenvalue weighted by molar-refractivity contribution is -0.141. The maximum atomic E-state index is 12.7. The minimum Gasteiger partial charge on any atom is -0.481 e. The minimum absolute atomic E-state index is 0.154. The highest BCUT2D eigenvalue weighted by molar-refractivity contribution is 7.18. The fourth-order valence-corrected chi connectivity index (χ4v) is 3.77. The smallest absolute Gasteiger partial charge is 0.416 e. The molecule has 5 nitrogen and oxygen atoms in total. The Morgan fingerprint density at radius 3 is 2.76 bits per heavy atom. The number of hydrogen-bond donors (Lipinski definition) is 1. The van der Waals surface area contributed by atoms with E-state index in [2.05, 4.69) is 4.98 Å². The molecule has 25 heavy (non-hydrogen) atoms. The first kappa shape index (κ1) is 17.7. The topological polar surface area (TPSA) is 70.5 Å². The summed E-state index contributed by atoms with van der Waals surface area (Å²) in [6.07, 6.45) is -3.47. The molecule has 0 unspecified atom stereocenters. The number of benzene rings is 1. The van der Waals surface area contributed by atoms with Crippen LogP contribution in [0.5, 0.6) is 0 Å². The van der Waals surface area contributed by atoms with Crippen LogP contribution in [-0.4, -0.2) is 40.0 Å². The van der Waals surface area contributed by atoms with Gasteiger partial charge in [0.1, 0.15) is 0 Å². The standard InChI is InChI=1S/C16H15F3N2O3S/c17-16(18,19)10-1-2-12-11(7-10)20-13(25-12)3-4-14(22)21-6-5-9(8-21)15(23)24/h1-2,7,9H,3-6,8H2,(H,23,24)/t9-/m1/s1. The van der Waals surface area contributed by atoms with Crippen LogP contribution in [0.25, 0.3) is 10.2 Å². The summed E-state index contributed by atoms with van der Waals surface area (Å²) in [5.74, 6) is -1.58. The molecule has 0 bridgehead atoms. The number of carboxylic acid groups (broad SMARTS) is 1. The molecule has 2 heterocycles. The number of likely N-dealkylation sites (tertiary alicyclic amines) is 1. The number of amides is 1. The molecule has 1 saturated heterocycles. The molecule has 134 valence electrons. The molecule has 1 amide bonds. The van der Waals surface area contributed by atoms with Crippen molar-refractivity contribution >= 4 is 33.4 Å². The van der Waals surface area contributed by atoms with Crippen LogP contribution < -0.4 is 0 Å². The van der Waals surface area contributed by atoms with Crippen molar-refractivity contribution in [1.29, 1.82) is 0 Å². The molecule has 1 aromatic heterocycles. The lowest BCUT2D eigenvalue weighted by Gasteiger charge is -2.15. The Kier molecular flexibility index (Phi) is 4.68. The molecule has 2 aromatic rings. The Hall–Kier alpha value is -2.16. The van der Waals surface area contributed by atoms with E-state index in [1.54, 1.807) is 0 Å². The molecule has 0 aliphatic carbocycles. The van der Waals surface area contributed by atoms with Crippen molar-refractivity contribution in [2.24, 2.45) is 5.92 Å². The van der Waals surface area contributed by atoms with Crippen molar-refractivity contribution < 1.29 is 27.9 Å². The minimum atomic E-state index is -4.41. The number of aromatic nitrogens is 1. The predicted octanol–water partition coefficient (Wildman–Crippen LogP) is 3.18. The van der Waals surface area contributed by atoms with Crippen LogP contribution in [0, 0.1) is 5.92 Å². The fourth-order valence-electron chi connectivity index (χ4n) is 2.82. The molecule has 1 atom stereocenters. The van der Waals surface area contributed by atoms with Crippen molar-refractivity contribution in [2.45, 2.75) is 25.4 Å². The number of aryl methyl sites for hydroxylation is 1. The number of thiazole rings is 1. The van der Waals surface area contributed by atoms with Gasteiger partial charge in [-0.1, -0.05) is 0 Å². The van der Waals surface area contributed by atoms with Crippen molar-refractivity contribution in [3.05, 3.63) is 28.8 Å². The van der Waals surface area contributed by atoms with Gasteiger partial charge in [-0.2, -0.15) is 13.2 Å². The van der Waals surface area contributed by atoms with Gasteiger partial charge in [-0.25, -0.2) is 4.98 Å². The van der Waals surface area contributed by atoms with E-state index in [0.717, 1.165) is 12.1 Å². The van der Waals surface area contributed by atoms with E-state index in [-0.39, 0.29) is 24.4 Å². The normalized spacial score (nSPS) is 18.0. The zero-order valence-electron chi connectivity index (χ0n) is 13.0. The summed E-state index contributed by atoms with van der Waals surface area (Å²) in [6.45, 7) is 0.632. The summed E-state index contributed by atoms with van der Waals surface area (Å²) in [6, 6.07) is 3.42. The van der Waals surface area contributed by atoms with Gasteiger partial charge >= 0.3 is 12.1 Å². The van der Waals surface area contributed by atoms with E-state index in [9.17, 15) is 22.8 Å². The second kappa shape index (κ2) is 6.62. The number of carbonyl (C=O) groups is 2. The summed E-state index contributed by atoms with van der Waals surface area (Å²) in [5, 5.41) is 9.55. The van der Waals surface area contributed by atoms with Crippen LogP contribution in [0.2, 0.25) is 0 Å². The van der Waals surface area contributed by atoms with Crippen molar-refractivity contribution in [3.8, 4) is 0 Å². The predicted molar refractivity (Wildman–Crippen MR) is 85.3 cm³/mol. The maximum Gasteiger partial charge on any atom is 0.416 e. The molecule has 1 N–H and O–H groups in total. The van der Waals surface area contributed by atoms with E-state index in [4.69, 9.17) is 5.11 Å². The molecular weight excluding hydrogens is 357 g/mol. The zero-order chi connectivity index (χ0) is 18.2. The third-order valence-electron chi connectivity index (χ3n) is 4.20. The molecule has 1 aromatic carbocycles. The van der Waals surface area contributed by atoms with Gasteiger partial charge < -0.3 is 10.0 Å². The van der Waals surface area contributed by atoms with E-state index in [1.165, 1.54) is 22.3 Å². The molecule has 1 aliphatic rings. The third kappa shape index (κ3) is 3.92. The number of carbonyl (C=O) groups excluding carboxylic acids is 1. The largest absolute Gasteiger partial charge is 0.481 e. The van der Waals surface area contributed by atoms with Gasteiger partial charge in [-0.3, -0.25) is 9.59 Å². The zero-order valence-corrected chi connectivity index (χ0v) is 13.9. The summed E-state index contributed by atoms with van der Waals surface area (Å²) >= 11 is 1.26. The van der Waals surface area contributed by atoms with Crippen LogP contribution in [-0.2, 0) is 22.2 Å². The number of carboxylic acids is 1. The molecule has 1 fully saturated rings. The van der Waals surface area contributed by atoms with Crippen molar-refractivity contribution in [2.75, 3.05) is 13.1 Å². The average Bonchev–Trinajstić information content (AvgIpc) is 3.17. The highest BCUT2D eigenvalue weighted by Gasteiger charge is 2.31. The maximum absolute atomic E-state index is 12.7. The van der Waals surface area contributed by atoms with Gasteiger partial charge in [-0.05, 0) is 24.6 Å². The molecule has 1 aliphatic heterocycles. The third-order valence-corrected chi connectivity index (χ3v) is 5.30. The van der Waals surface area contributed by atoms with Gasteiger partial charge in [0.15, 0.2) is 0 Å². The number of fused-ring (bicyclic) bond motifs is 1. The van der Waals surface area contributed by atoms with Crippen molar-refractivity contribution in [3.63, 3.8) is 0 Å². The first-order valence-corrected chi connectivity index (χ1v) is 8.53. The number of alkyl halides is 3. The lowest BCUT2D eigenvalue weighted by Crippen LogP contribution is -2.30. The van der Waals surface area contributed by atoms with Crippen LogP contribution in [0.1, 0.15) is 23.4 Å². The van der Waals surface area contributed by atoms with Crippen molar-refractivity contribution in [1.82, 2.24) is 9.88 Å². The van der Waals surface area contributed by atoms with Gasteiger partial charge in [0.25, 0.3) is 0 Å². The Balaban J connectivity index is 1.63. The summed E-state index contributed by atoms with van der Waals surface area (Å²) in [5.41, 5.74) is -0.473. The van der Waals surface area contributed by atoms with E-state index < -0.39 is 23.6 Å². The SMILES string of the molecule is O=C(O)[C@@H]1CCN(C(=O)CCc2nc3cc(C(F)(F)F)ccc3s2)C1. The molecular formula is C16H15F3N2O3S. The highest BCUT2D eigenvalue weighted by atomic mass is 32.1. The number of hydrogen-bond acceptors (Lipinski definition) is 4. The lowest BCUT2D eigenvalue weighted by atomic mass is 10.1. The number of nitrogens with zero attached hydrogens (tertiary/aromatic N) is 2. The first-order valence-electron chi connectivity index (χ1n) is 7.71. The number of aliphatic carboxylic acids is 1. The van der Waals surface area contributed by atoms with Gasteiger partial charge in [0, 0.05) is 25.9 Å². The highest BCUT2D eigenvalue weighted by Crippen LogP contribution is 2.33. The molecule has 3 rings (SSSR count). The van der Waals surface area contributed by atoms with E-state index in [0.29, 0.717) is 29.1 Å². The molecule has 0 radical (unpaired) electrons. The second-order valence-corrected chi connectivity index (χ2v) is 7.07. The average molecular weight is 372 g/mol. The molecule has 9 heteroatoms. The number of rotatable bonds is 4. The first-order chi connectivity index (χ1) is 11.7. The van der Waals surface area contributed by atoms with Gasteiger partial charge in [-0.15, -0.1) is 11.3 Å².